The highest BCUT2D eigenvalue weighted by molar-refractivity contribution is 5.85. The van der Waals surface area contributed by atoms with Crippen LogP contribution in [0.3, 0.4) is 0 Å². The van der Waals surface area contributed by atoms with E-state index in [0.717, 1.165) is 41.3 Å². The van der Waals surface area contributed by atoms with Gasteiger partial charge in [-0.15, -0.1) is 0 Å². The van der Waals surface area contributed by atoms with E-state index in [1.807, 2.05) is 42.6 Å². The third-order valence-electron chi connectivity index (χ3n) is 6.91. The maximum absolute atomic E-state index is 12.5. The zero-order valence-corrected chi connectivity index (χ0v) is 18.1. The molecule has 8 heteroatoms. The molecule has 1 amide bonds. The van der Waals surface area contributed by atoms with Crippen LogP contribution in [-0.2, 0) is 16.1 Å². The summed E-state index contributed by atoms with van der Waals surface area (Å²) in [5, 5.41) is 11.0. The molecule has 0 saturated heterocycles. The number of fused-ring (bicyclic) bond motifs is 2. The fourth-order valence-electron chi connectivity index (χ4n) is 5.62. The topological polar surface area (TPSA) is 106 Å². The molecule has 2 heterocycles. The lowest BCUT2D eigenvalue weighted by Crippen LogP contribution is -2.75. The minimum atomic E-state index is -0.168. The number of benzene rings is 2. The Labute approximate surface area is 190 Å². The number of aromatic amines is 1. The Bertz CT molecular complexity index is 1270. The van der Waals surface area contributed by atoms with Gasteiger partial charge in [-0.3, -0.25) is 19.7 Å². The highest BCUT2D eigenvalue weighted by Crippen LogP contribution is 2.69. The van der Waals surface area contributed by atoms with Gasteiger partial charge in [0.05, 0.1) is 18.3 Å². The number of carbonyl (C=O) groups excluding carboxylic acids is 2. The molecule has 8 nitrogen and oxygen atoms in total. The van der Waals surface area contributed by atoms with Crippen molar-refractivity contribution in [1.29, 1.82) is 0 Å². The van der Waals surface area contributed by atoms with Crippen molar-refractivity contribution in [1.82, 2.24) is 15.5 Å². The van der Waals surface area contributed by atoms with E-state index in [0.29, 0.717) is 24.5 Å². The molecule has 4 aliphatic rings. The number of nitrogens with zero attached hydrogens (tertiary/aromatic N) is 2. The molecule has 3 aliphatic carbocycles. The Morgan fingerprint density at radius 1 is 1.03 bits per heavy atom. The first-order valence-corrected chi connectivity index (χ1v) is 11.1. The smallest absolute Gasteiger partial charge is 0.258 e. The fraction of sp³-hybridized carbons (Fsp3) is 0.360. The SMILES string of the molecule is O=C(COc1ccc2cn[nH]c2c1)CC12CC(NC(=O)COc3ccc4c(c3)CN=C4)(C1)C2. The van der Waals surface area contributed by atoms with Crippen molar-refractivity contribution in [2.75, 3.05) is 13.2 Å². The van der Waals surface area contributed by atoms with Crippen LogP contribution in [0.15, 0.2) is 47.6 Å². The molecule has 2 N–H and O–H groups in total. The first-order chi connectivity index (χ1) is 16.0. The van der Waals surface area contributed by atoms with E-state index in [-0.39, 0.29) is 35.9 Å². The van der Waals surface area contributed by atoms with Crippen molar-refractivity contribution in [3.05, 3.63) is 53.7 Å². The van der Waals surface area contributed by atoms with Gasteiger partial charge in [-0.2, -0.15) is 5.10 Å². The Morgan fingerprint density at radius 3 is 2.70 bits per heavy atom. The molecule has 0 unspecified atom stereocenters. The number of amides is 1. The summed E-state index contributed by atoms with van der Waals surface area (Å²) in [5.41, 5.74) is 2.95. The van der Waals surface area contributed by atoms with Crippen molar-refractivity contribution in [2.24, 2.45) is 10.4 Å². The predicted molar refractivity (Wildman–Crippen MR) is 122 cm³/mol. The van der Waals surface area contributed by atoms with Gasteiger partial charge in [0.15, 0.2) is 12.4 Å². The number of nitrogens with one attached hydrogen (secondary N) is 2. The molecule has 0 spiro atoms. The first-order valence-electron chi connectivity index (χ1n) is 11.1. The van der Waals surface area contributed by atoms with E-state index in [4.69, 9.17) is 9.47 Å². The maximum Gasteiger partial charge on any atom is 0.258 e. The van der Waals surface area contributed by atoms with Crippen molar-refractivity contribution >= 4 is 28.8 Å². The average molecular weight is 444 g/mol. The standard InChI is InChI=1S/C25H24N4O4/c30-19(11-32-21-4-2-17-10-27-29-22(17)6-21)7-24-13-25(14-24,15-24)28-23(31)12-33-20-3-1-16-8-26-9-18(16)5-20/h1-6,8,10H,7,9,11-15H2,(H,27,29)(H,28,31). The molecule has 33 heavy (non-hydrogen) atoms. The van der Waals surface area contributed by atoms with Crippen molar-refractivity contribution in [3.63, 3.8) is 0 Å². The Balaban J connectivity index is 0.934. The summed E-state index contributed by atoms with van der Waals surface area (Å²) in [6, 6.07) is 11.4. The second-order valence-electron chi connectivity index (χ2n) is 9.60. The van der Waals surface area contributed by atoms with Gasteiger partial charge in [0.25, 0.3) is 5.91 Å². The number of H-pyrrole nitrogens is 1. The Kier molecular flexibility index (Phi) is 4.50. The van der Waals surface area contributed by atoms with Crippen LogP contribution in [0, 0.1) is 5.41 Å². The molecular formula is C25H24N4O4. The summed E-state index contributed by atoms with van der Waals surface area (Å²) >= 11 is 0. The minimum absolute atomic E-state index is 0.0121. The summed E-state index contributed by atoms with van der Waals surface area (Å²) in [7, 11) is 0. The molecule has 2 aromatic carbocycles. The van der Waals surface area contributed by atoms with Crippen LogP contribution < -0.4 is 14.8 Å². The zero-order valence-electron chi connectivity index (χ0n) is 18.1. The molecule has 7 rings (SSSR count). The van der Waals surface area contributed by atoms with Crippen LogP contribution in [0.4, 0.5) is 0 Å². The van der Waals surface area contributed by atoms with Crippen molar-refractivity contribution in [2.45, 2.75) is 37.8 Å². The van der Waals surface area contributed by atoms with Gasteiger partial charge >= 0.3 is 0 Å². The van der Waals surface area contributed by atoms with Crippen molar-refractivity contribution < 1.29 is 19.1 Å². The summed E-state index contributed by atoms with van der Waals surface area (Å²) in [4.78, 5) is 29.1. The lowest BCUT2D eigenvalue weighted by atomic mass is 9.38. The molecule has 1 aliphatic heterocycles. The average Bonchev–Trinajstić information content (AvgIpc) is 3.42. The van der Waals surface area contributed by atoms with Gasteiger partial charge in [0.1, 0.15) is 18.1 Å². The first kappa shape index (κ1) is 20.0. The van der Waals surface area contributed by atoms with Gasteiger partial charge in [-0.1, -0.05) is 0 Å². The number of rotatable bonds is 9. The number of ketones is 1. The second kappa shape index (κ2) is 7.43. The predicted octanol–water partition coefficient (Wildman–Crippen LogP) is 2.95. The molecule has 3 aromatic rings. The number of carbonyl (C=O) groups is 2. The highest BCUT2D eigenvalue weighted by Gasteiger charge is 2.68. The number of aliphatic imine (C=N–C) groups is 1. The number of hydrogen-bond acceptors (Lipinski definition) is 6. The van der Waals surface area contributed by atoms with Gasteiger partial charge in [0.2, 0.25) is 0 Å². The highest BCUT2D eigenvalue weighted by atomic mass is 16.5. The van der Waals surface area contributed by atoms with E-state index in [9.17, 15) is 9.59 Å². The van der Waals surface area contributed by atoms with E-state index >= 15 is 0 Å². The normalized spacial score (nSPS) is 24.0. The fourth-order valence-corrected chi connectivity index (χ4v) is 5.62. The molecule has 0 radical (unpaired) electrons. The van der Waals surface area contributed by atoms with Crippen molar-refractivity contribution in [3.8, 4) is 11.5 Å². The van der Waals surface area contributed by atoms with E-state index in [2.05, 4.69) is 20.5 Å². The second-order valence-corrected chi connectivity index (χ2v) is 9.60. The van der Waals surface area contributed by atoms with Crippen LogP contribution in [0.5, 0.6) is 11.5 Å². The molecule has 3 fully saturated rings. The molecule has 1 aromatic heterocycles. The molecule has 168 valence electrons. The van der Waals surface area contributed by atoms with Crippen LogP contribution in [0.25, 0.3) is 10.9 Å². The van der Waals surface area contributed by atoms with Crippen LogP contribution >= 0.6 is 0 Å². The largest absolute Gasteiger partial charge is 0.486 e. The summed E-state index contributed by atoms with van der Waals surface area (Å²) in [6.07, 6.45) is 6.61. The summed E-state index contributed by atoms with van der Waals surface area (Å²) < 4.78 is 11.3. The number of ether oxygens (including phenoxy) is 2. The van der Waals surface area contributed by atoms with Gasteiger partial charge in [-0.05, 0) is 66.1 Å². The van der Waals surface area contributed by atoms with Gasteiger partial charge < -0.3 is 14.8 Å². The lowest BCUT2D eigenvalue weighted by Gasteiger charge is -2.70. The third-order valence-corrected chi connectivity index (χ3v) is 6.91. The number of Topliss-reactive ketones (excluding diaryl/α,β-unsaturated/α-hetero) is 1. The number of aromatic nitrogens is 2. The Hall–Kier alpha value is -3.68. The zero-order chi connectivity index (χ0) is 22.5. The van der Waals surface area contributed by atoms with E-state index < -0.39 is 0 Å². The molecular weight excluding hydrogens is 420 g/mol. The molecule has 3 saturated carbocycles. The van der Waals surface area contributed by atoms with Crippen LogP contribution in [-0.4, -0.2) is 46.9 Å². The van der Waals surface area contributed by atoms with Gasteiger partial charge in [0, 0.05) is 29.6 Å². The quantitative estimate of drug-likeness (QED) is 0.528. The molecule has 2 bridgehead atoms. The van der Waals surface area contributed by atoms with E-state index in [1.54, 1.807) is 6.20 Å². The lowest BCUT2D eigenvalue weighted by molar-refractivity contribution is -0.173. The van der Waals surface area contributed by atoms with E-state index in [1.165, 1.54) is 0 Å². The maximum atomic E-state index is 12.5. The Morgan fingerprint density at radius 2 is 1.82 bits per heavy atom. The van der Waals surface area contributed by atoms with Crippen LogP contribution in [0.1, 0.15) is 36.8 Å². The summed E-state index contributed by atoms with van der Waals surface area (Å²) in [6.45, 7) is 0.704. The number of hydrogen-bond donors (Lipinski definition) is 2. The molecule has 0 atom stereocenters. The third kappa shape index (κ3) is 3.75. The van der Waals surface area contributed by atoms with Gasteiger partial charge in [-0.25, -0.2) is 0 Å². The summed E-state index contributed by atoms with van der Waals surface area (Å²) in [5.74, 6) is 1.30. The minimum Gasteiger partial charge on any atom is -0.486 e. The monoisotopic (exact) mass is 444 g/mol. The van der Waals surface area contributed by atoms with Crippen LogP contribution in [0.2, 0.25) is 0 Å².